The summed E-state index contributed by atoms with van der Waals surface area (Å²) in [7, 11) is 0. The average Bonchev–Trinajstić information content (AvgIpc) is 4.26. The molecule has 0 atom stereocenters. The molecule has 5 N–H and O–H groups in total. The first kappa shape index (κ1) is 56.6. The van der Waals surface area contributed by atoms with Gasteiger partial charge in [0.25, 0.3) is 5.91 Å². The van der Waals surface area contributed by atoms with E-state index in [9.17, 15) is 19.2 Å². The van der Waals surface area contributed by atoms with Gasteiger partial charge in [-0.15, -0.1) is 0 Å². The van der Waals surface area contributed by atoms with Crippen molar-refractivity contribution in [1.29, 1.82) is 0 Å². The molecule has 16 heteroatoms. The minimum absolute atomic E-state index is 0.0448. The van der Waals surface area contributed by atoms with Crippen LogP contribution in [0.4, 0.5) is 11.6 Å². The van der Waals surface area contributed by atoms with Crippen molar-refractivity contribution in [2.45, 2.75) is 144 Å². The number of nitrogens with one attached hydrogen (secondary N) is 5. The van der Waals surface area contributed by atoms with Gasteiger partial charge in [0.15, 0.2) is 35.0 Å². The van der Waals surface area contributed by atoms with E-state index in [0.717, 1.165) is 33.5 Å². The number of oxazole rings is 2. The largest absolute Gasteiger partial charge is 0.480 e. The van der Waals surface area contributed by atoms with E-state index in [0.29, 0.717) is 70.3 Å². The topological polar surface area (TPSA) is 227 Å². The number of benzene rings is 3. The monoisotopic (exact) mass is 1040 g/mol. The first-order chi connectivity index (χ1) is 36.7. The van der Waals surface area contributed by atoms with E-state index in [-0.39, 0.29) is 18.4 Å². The van der Waals surface area contributed by atoms with Crippen molar-refractivity contribution in [1.82, 2.24) is 35.1 Å². The minimum Gasteiger partial charge on any atom is -0.480 e. The van der Waals surface area contributed by atoms with Crippen LogP contribution in [0.5, 0.6) is 5.75 Å². The Balaban J connectivity index is 0.000000134. The Morgan fingerprint density at radius 3 is 1.68 bits per heavy atom. The first-order valence-electron chi connectivity index (χ1n) is 26.6. The van der Waals surface area contributed by atoms with Gasteiger partial charge >= 0.3 is 11.5 Å². The van der Waals surface area contributed by atoms with Gasteiger partial charge < -0.3 is 24.2 Å². The summed E-state index contributed by atoms with van der Waals surface area (Å²) in [6.07, 6.45) is 11.6. The number of aromatic amines is 3. The molecule has 0 saturated heterocycles. The van der Waals surface area contributed by atoms with E-state index in [1.807, 2.05) is 42.7 Å². The zero-order valence-electron chi connectivity index (χ0n) is 46.4. The molecule has 0 fully saturated rings. The molecule has 0 saturated carbocycles. The summed E-state index contributed by atoms with van der Waals surface area (Å²) in [5, 5.41) is 13.5. The summed E-state index contributed by atoms with van der Waals surface area (Å²) in [5.74, 6) is 3.94. The van der Waals surface area contributed by atoms with Gasteiger partial charge in [-0.2, -0.15) is 5.10 Å². The number of carbonyl (C=O) groups excluding carboxylic acids is 2. The van der Waals surface area contributed by atoms with E-state index >= 15 is 0 Å². The van der Waals surface area contributed by atoms with Crippen molar-refractivity contribution < 1.29 is 23.2 Å². The number of nitrogens with zero attached hydrogens (tertiary/aromatic N) is 4. The van der Waals surface area contributed by atoms with E-state index < -0.39 is 11.5 Å². The smallest absolute Gasteiger partial charge is 0.418 e. The van der Waals surface area contributed by atoms with Crippen molar-refractivity contribution in [3.05, 3.63) is 169 Å². The van der Waals surface area contributed by atoms with Crippen molar-refractivity contribution in [3.63, 3.8) is 0 Å². The molecule has 3 aromatic carbocycles. The molecule has 1 aliphatic carbocycles. The van der Waals surface area contributed by atoms with Gasteiger partial charge in [0, 0.05) is 29.5 Å². The van der Waals surface area contributed by atoms with Crippen LogP contribution in [0.1, 0.15) is 175 Å². The van der Waals surface area contributed by atoms with Crippen LogP contribution >= 0.6 is 0 Å². The second-order valence-electron chi connectivity index (χ2n) is 21.4. The zero-order chi connectivity index (χ0) is 55.5. The lowest BCUT2D eigenvalue weighted by atomic mass is 9.99. The molecule has 8 heterocycles. The number of aryl methyl sites for hydroxylation is 2. The number of H-pyrrole nitrogens is 3. The Morgan fingerprint density at radius 1 is 0.468 bits per heavy atom. The third-order valence-corrected chi connectivity index (χ3v) is 13.4. The lowest BCUT2D eigenvalue weighted by Gasteiger charge is -2.18. The Labute approximate surface area is 449 Å². The summed E-state index contributed by atoms with van der Waals surface area (Å²) >= 11 is 0. The van der Waals surface area contributed by atoms with Crippen molar-refractivity contribution >= 4 is 56.7 Å². The third kappa shape index (κ3) is 15.3. The molecule has 77 heavy (non-hydrogen) atoms. The third-order valence-electron chi connectivity index (χ3n) is 13.4. The second-order valence-corrected chi connectivity index (χ2v) is 21.4. The summed E-state index contributed by atoms with van der Waals surface area (Å²) in [4.78, 5) is 61.2. The molecule has 3 aliphatic rings. The number of aromatic nitrogens is 7. The molecule has 2 amide bonds. The van der Waals surface area contributed by atoms with Crippen LogP contribution in [-0.4, -0.2) is 53.5 Å². The van der Waals surface area contributed by atoms with Gasteiger partial charge in [-0.05, 0) is 142 Å². The molecule has 0 bridgehead atoms. The summed E-state index contributed by atoms with van der Waals surface area (Å²) in [6, 6.07) is 25.0. The number of fused-ring (bicyclic) bond motifs is 6. The number of carbonyl (C=O) groups is 2. The highest BCUT2D eigenvalue weighted by Crippen LogP contribution is 2.30. The minimum atomic E-state index is -0.455. The summed E-state index contributed by atoms with van der Waals surface area (Å²) < 4.78 is 15.1. The molecular formula is C61H73N9O7. The molecule has 6 aromatic heterocycles. The van der Waals surface area contributed by atoms with Gasteiger partial charge in [-0.25, -0.2) is 24.5 Å². The molecule has 12 rings (SSSR count). The molecule has 16 nitrogen and oxygen atoms in total. The molecule has 0 unspecified atom stereocenters. The number of hydrogen-bond acceptors (Lipinski definition) is 11. The molecule has 2 aliphatic heterocycles. The standard InChI is InChI=1S/C12H16.C10H12N2O2.C10H12N2O.C10H12N2.C10H11NO2.C9H10N2O2/c1-9(2)11-7-6-10-4-3-5-12(10)8-11;1-6(2)7-3-8-10(11-4-7)12-9(13)5-14-8;1-6(2)8-3-7-4-9(13)12-10(7)11-5-8;1-7(2)8-3-4-10-9(5-8)6-11-12-10;1-6(2)7-3-4-8-9(5-7)13-10(12)11-8;1-5(2)6-3-7-8(10-4-6)11-9(12)13-7/h6-9H,3-5H2,1-2H3;3-4,6H,5H2,1-2H3,(H,11,12,13);3,5-6H,4H2,1-2H3,(H,11,12,13);3-7H,1-2H3,(H,11,12);3-6H,1-2H3,(H,11,12);3-5H,1-2H3,(H,10,11,12). The Bertz CT molecular complexity index is 3480. The fraction of sp³-hybridized carbons (Fsp3) is 0.377. The van der Waals surface area contributed by atoms with Gasteiger partial charge in [-0.1, -0.05) is 113 Å². The van der Waals surface area contributed by atoms with E-state index in [4.69, 9.17) is 13.6 Å². The predicted octanol–water partition coefficient (Wildman–Crippen LogP) is 13.1. The maximum atomic E-state index is 11.0. The normalized spacial score (nSPS) is 13.1. The molecule has 0 radical (unpaired) electrons. The van der Waals surface area contributed by atoms with Crippen molar-refractivity contribution in [2.75, 3.05) is 17.2 Å². The van der Waals surface area contributed by atoms with Gasteiger partial charge in [0.1, 0.15) is 5.82 Å². The number of rotatable bonds is 6. The van der Waals surface area contributed by atoms with Gasteiger partial charge in [0.05, 0.1) is 23.7 Å². The Morgan fingerprint density at radius 2 is 0.987 bits per heavy atom. The van der Waals surface area contributed by atoms with Gasteiger partial charge in [-0.3, -0.25) is 24.7 Å². The zero-order valence-corrected chi connectivity index (χ0v) is 46.4. The number of amides is 2. The number of hydrogen-bond donors (Lipinski definition) is 5. The SMILES string of the molecule is CC(C)c1ccc2[nH]c(=O)oc2c1.CC(C)c1ccc2[nH]ncc2c1.CC(C)c1ccc2c(c1)CCC2.CC(C)c1cnc2[nH]c(=O)oc2c1.CC(C)c1cnc2c(c1)CC(=O)N2.CC(C)c1cnc2c(c1)OCC(=O)N2. The highest BCUT2D eigenvalue weighted by atomic mass is 16.5. The van der Waals surface area contributed by atoms with Crippen molar-refractivity contribution in [3.8, 4) is 5.75 Å². The number of pyridine rings is 3. The maximum Gasteiger partial charge on any atom is 0.418 e. The van der Waals surface area contributed by atoms with Crippen LogP contribution in [0.3, 0.4) is 0 Å². The van der Waals surface area contributed by atoms with Crippen molar-refractivity contribution in [2.24, 2.45) is 0 Å². The lowest BCUT2D eigenvalue weighted by molar-refractivity contribution is -0.118. The highest BCUT2D eigenvalue weighted by Gasteiger charge is 2.20. The van der Waals surface area contributed by atoms with Crippen LogP contribution in [0.15, 0.2) is 116 Å². The first-order valence-corrected chi connectivity index (χ1v) is 26.6. The molecule has 9 aromatic rings. The second kappa shape index (κ2) is 25.6. The number of ether oxygens (including phenoxy) is 1. The van der Waals surface area contributed by atoms with Crippen LogP contribution in [0.25, 0.3) is 33.2 Å². The molecule has 0 spiro atoms. The van der Waals surface area contributed by atoms with Crippen LogP contribution in [-0.2, 0) is 28.9 Å². The quantitative estimate of drug-likeness (QED) is 0.105. The fourth-order valence-electron chi connectivity index (χ4n) is 8.49. The summed E-state index contributed by atoms with van der Waals surface area (Å²) in [5.41, 5.74) is 15.1. The highest BCUT2D eigenvalue weighted by molar-refractivity contribution is 5.98. The van der Waals surface area contributed by atoms with E-state index in [1.165, 1.54) is 46.9 Å². The average molecular weight is 1040 g/mol. The van der Waals surface area contributed by atoms with E-state index in [2.05, 4.69) is 171 Å². The predicted molar refractivity (Wildman–Crippen MR) is 305 cm³/mol. The summed E-state index contributed by atoms with van der Waals surface area (Å²) in [6.45, 7) is 25.7. The van der Waals surface area contributed by atoms with Crippen LogP contribution < -0.4 is 26.9 Å². The van der Waals surface area contributed by atoms with Crippen LogP contribution in [0.2, 0.25) is 0 Å². The Hall–Kier alpha value is -8.14. The molecule has 404 valence electrons. The lowest BCUT2D eigenvalue weighted by Crippen LogP contribution is -2.26. The Kier molecular flexibility index (Phi) is 18.8. The molecular weight excluding hydrogens is 971 g/mol. The van der Waals surface area contributed by atoms with E-state index in [1.54, 1.807) is 23.5 Å². The maximum absolute atomic E-state index is 11.0. The fourth-order valence-corrected chi connectivity index (χ4v) is 8.49. The number of anilines is 2. The van der Waals surface area contributed by atoms with Gasteiger partial charge in [0.2, 0.25) is 5.91 Å². The van der Waals surface area contributed by atoms with Crippen LogP contribution in [0, 0.1) is 0 Å².